The molecule has 0 aliphatic heterocycles. The summed E-state index contributed by atoms with van der Waals surface area (Å²) in [7, 11) is 0. The van der Waals surface area contributed by atoms with E-state index in [9.17, 15) is 14.0 Å². The van der Waals surface area contributed by atoms with E-state index in [2.05, 4.69) is 20.7 Å². The van der Waals surface area contributed by atoms with E-state index in [4.69, 9.17) is 23.2 Å². The van der Waals surface area contributed by atoms with Crippen molar-refractivity contribution in [2.24, 2.45) is 5.41 Å². The maximum absolute atomic E-state index is 14.9. The molecule has 1 aromatic carbocycles. The molecule has 4 rings (SSSR count). The van der Waals surface area contributed by atoms with Gasteiger partial charge in [0.05, 0.1) is 16.1 Å². The number of hydrogen-bond acceptors (Lipinski definition) is 4. The fraction of sp³-hybridized carbons (Fsp3) is 0.385. The molecule has 2 N–H and O–H groups in total. The normalized spacial score (nSPS) is 15.4. The first-order chi connectivity index (χ1) is 17.3. The van der Waals surface area contributed by atoms with Crippen molar-refractivity contribution in [3.8, 4) is 5.82 Å². The van der Waals surface area contributed by atoms with Crippen molar-refractivity contribution >= 4 is 35.0 Å². The van der Waals surface area contributed by atoms with E-state index in [1.54, 1.807) is 23.3 Å². The largest absolute Gasteiger partial charge is 0.352 e. The molecule has 1 aliphatic carbocycles. The summed E-state index contributed by atoms with van der Waals surface area (Å²) in [5.74, 6) is -0.442. The first kappa shape index (κ1) is 26.1. The van der Waals surface area contributed by atoms with Crippen LogP contribution in [0.4, 0.5) is 4.39 Å². The van der Waals surface area contributed by atoms with Gasteiger partial charge in [0.1, 0.15) is 5.82 Å². The van der Waals surface area contributed by atoms with Gasteiger partial charge in [-0.2, -0.15) is 5.10 Å². The smallest absolute Gasteiger partial charge is 0.221 e. The summed E-state index contributed by atoms with van der Waals surface area (Å²) < 4.78 is 16.5. The van der Waals surface area contributed by atoms with E-state index in [1.807, 2.05) is 25.1 Å². The molecule has 2 heterocycles. The molecular formula is C26H28Cl2FN5O2. The predicted molar refractivity (Wildman–Crippen MR) is 136 cm³/mol. The van der Waals surface area contributed by atoms with Crippen LogP contribution >= 0.6 is 23.2 Å². The highest BCUT2D eigenvalue weighted by Crippen LogP contribution is 2.50. The molecule has 1 fully saturated rings. The Bertz CT molecular complexity index is 1210. The van der Waals surface area contributed by atoms with Crippen LogP contribution in [0.25, 0.3) is 5.82 Å². The van der Waals surface area contributed by atoms with Crippen molar-refractivity contribution < 1.29 is 14.0 Å². The van der Waals surface area contributed by atoms with Crippen molar-refractivity contribution in [2.45, 2.75) is 58.0 Å². The molecule has 190 valence electrons. The number of amides is 2. The van der Waals surface area contributed by atoms with Gasteiger partial charge in [-0.05, 0) is 48.1 Å². The highest BCUT2D eigenvalue weighted by molar-refractivity contribution is 6.42. The summed E-state index contributed by atoms with van der Waals surface area (Å²) in [5, 5.41) is 10.2. The van der Waals surface area contributed by atoms with Gasteiger partial charge in [-0.1, -0.05) is 49.0 Å². The molecule has 0 bridgehead atoms. The zero-order valence-corrected chi connectivity index (χ0v) is 21.4. The van der Waals surface area contributed by atoms with E-state index in [-0.39, 0.29) is 52.2 Å². The molecule has 7 nitrogen and oxygen atoms in total. The lowest BCUT2D eigenvalue weighted by atomic mass is 9.77. The number of nitrogens with zero attached hydrogens (tertiary/aromatic N) is 3. The van der Waals surface area contributed by atoms with E-state index in [0.29, 0.717) is 5.82 Å². The summed E-state index contributed by atoms with van der Waals surface area (Å²) in [4.78, 5) is 29.6. The van der Waals surface area contributed by atoms with Gasteiger partial charge in [0.15, 0.2) is 5.82 Å². The number of aromatic nitrogens is 3. The molecule has 10 heteroatoms. The van der Waals surface area contributed by atoms with Gasteiger partial charge in [0, 0.05) is 43.5 Å². The Morgan fingerprint density at radius 1 is 1.14 bits per heavy atom. The molecule has 3 aromatic rings. The third kappa shape index (κ3) is 6.05. The zero-order chi connectivity index (χ0) is 25.7. The minimum Gasteiger partial charge on any atom is -0.352 e. The van der Waals surface area contributed by atoms with Crippen LogP contribution in [0.15, 0.2) is 48.9 Å². The summed E-state index contributed by atoms with van der Waals surface area (Å²) in [6, 6.07) is 7.51. The van der Waals surface area contributed by atoms with Gasteiger partial charge in [-0.25, -0.2) is 14.1 Å². The fourth-order valence-corrected chi connectivity index (χ4v) is 5.11. The standard InChI is InChI=1S/C26H28Cl2FN5O2/c1-26(11-2-3-12-26)25(23-19(29)7-6-18(27)24(23)28)33-22(36)10-9-21(35)31-16-17-5-8-20(30-15-17)34-14-4-13-32-34/h4-8,13-15,25H,2-3,9-12,16H2,1H3,(H,31,35)(H,33,36)/t25-/m1/s1. The van der Waals surface area contributed by atoms with Crippen LogP contribution < -0.4 is 10.6 Å². The second-order valence-electron chi connectivity index (χ2n) is 9.37. The number of nitrogens with one attached hydrogen (secondary N) is 2. The van der Waals surface area contributed by atoms with Crippen molar-refractivity contribution in [2.75, 3.05) is 0 Å². The first-order valence-corrected chi connectivity index (χ1v) is 12.7. The number of carbonyl (C=O) groups excluding carboxylic acids is 2. The SMILES string of the molecule is CC1([C@H](NC(=O)CCC(=O)NCc2ccc(-n3cccn3)nc2)c2c(F)ccc(Cl)c2Cl)CCCC1. The van der Waals surface area contributed by atoms with Gasteiger partial charge in [-0.15, -0.1) is 0 Å². The lowest BCUT2D eigenvalue weighted by molar-refractivity contribution is -0.127. The Morgan fingerprint density at radius 2 is 1.89 bits per heavy atom. The summed E-state index contributed by atoms with van der Waals surface area (Å²) in [6.07, 6.45) is 8.73. The lowest BCUT2D eigenvalue weighted by Gasteiger charge is -2.36. The quantitative estimate of drug-likeness (QED) is 0.354. The van der Waals surface area contributed by atoms with E-state index in [0.717, 1.165) is 31.2 Å². The lowest BCUT2D eigenvalue weighted by Crippen LogP contribution is -2.39. The van der Waals surface area contributed by atoms with Crippen LogP contribution in [0.3, 0.4) is 0 Å². The van der Waals surface area contributed by atoms with E-state index >= 15 is 0 Å². The number of halogens is 3. The molecule has 0 saturated heterocycles. The van der Waals surface area contributed by atoms with Gasteiger partial charge in [0.2, 0.25) is 11.8 Å². The number of hydrogen-bond donors (Lipinski definition) is 2. The second-order valence-corrected chi connectivity index (χ2v) is 10.2. The van der Waals surface area contributed by atoms with Crippen molar-refractivity contribution in [1.82, 2.24) is 25.4 Å². The molecule has 2 aromatic heterocycles. The molecule has 0 radical (unpaired) electrons. The number of rotatable bonds is 9. The minimum atomic E-state index is -0.638. The number of pyridine rings is 1. The van der Waals surface area contributed by atoms with Gasteiger partial charge < -0.3 is 10.6 Å². The van der Waals surface area contributed by atoms with E-state index < -0.39 is 11.9 Å². The Balaban J connectivity index is 1.34. The van der Waals surface area contributed by atoms with Crippen LogP contribution in [0.2, 0.25) is 10.0 Å². The summed E-state index contributed by atoms with van der Waals surface area (Å²) in [6.45, 7) is 2.32. The zero-order valence-electron chi connectivity index (χ0n) is 19.9. The average Bonchev–Trinajstić information content (AvgIpc) is 3.56. The Kier molecular flexibility index (Phi) is 8.26. The molecule has 1 atom stereocenters. The minimum absolute atomic E-state index is 0.000172. The third-order valence-electron chi connectivity index (χ3n) is 6.73. The average molecular weight is 532 g/mol. The molecule has 36 heavy (non-hydrogen) atoms. The second kappa shape index (κ2) is 11.4. The fourth-order valence-electron chi connectivity index (χ4n) is 4.68. The molecule has 1 saturated carbocycles. The van der Waals surface area contributed by atoms with Crippen LogP contribution in [-0.4, -0.2) is 26.6 Å². The van der Waals surface area contributed by atoms with Crippen LogP contribution in [0, 0.1) is 11.2 Å². The van der Waals surface area contributed by atoms with Gasteiger partial charge in [0.25, 0.3) is 0 Å². The highest BCUT2D eigenvalue weighted by atomic mass is 35.5. The first-order valence-electron chi connectivity index (χ1n) is 11.9. The van der Waals surface area contributed by atoms with Crippen molar-refractivity contribution in [3.05, 3.63) is 75.9 Å². The molecule has 1 aliphatic rings. The van der Waals surface area contributed by atoms with E-state index in [1.165, 1.54) is 12.1 Å². The van der Waals surface area contributed by atoms with Gasteiger partial charge >= 0.3 is 0 Å². The molecule has 0 unspecified atom stereocenters. The molecule has 2 amide bonds. The summed E-state index contributed by atoms with van der Waals surface area (Å²) >= 11 is 12.6. The van der Waals surface area contributed by atoms with Crippen LogP contribution in [-0.2, 0) is 16.1 Å². The van der Waals surface area contributed by atoms with Crippen molar-refractivity contribution in [3.63, 3.8) is 0 Å². The predicted octanol–water partition coefficient (Wildman–Crippen LogP) is 5.55. The maximum Gasteiger partial charge on any atom is 0.221 e. The number of carbonyl (C=O) groups is 2. The van der Waals surface area contributed by atoms with Crippen molar-refractivity contribution in [1.29, 1.82) is 0 Å². The Labute approximate surface area is 219 Å². The molecular weight excluding hydrogens is 504 g/mol. The molecule has 0 spiro atoms. The highest BCUT2D eigenvalue weighted by Gasteiger charge is 2.41. The maximum atomic E-state index is 14.9. The Morgan fingerprint density at radius 3 is 2.56 bits per heavy atom. The number of benzene rings is 1. The van der Waals surface area contributed by atoms with Crippen LogP contribution in [0.5, 0.6) is 0 Å². The monoisotopic (exact) mass is 531 g/mol. The third-order valence-corrected chi connectivity index (χ3v) is 7.55. The Hall–Kier alpha value is -2.97. The topological polar surface area (TPSA) is 88.9 Å². The van der Waals surface area contributed by atoms with Gasteiger partial charge in [-0.3, -0.25) is 9.59 Å². The summed E-state index contributed by atoms with van der Waals surface area (Å²) in [5.41, 5.74) is 0.670. The van der Waals surface area contributed by atoms with Crippen LogP contribution in [0.1, 0.15) is 62.6 Å².